The van der Waals surface area contributed by atoms with Gasteiger partial charge in [0.25, 0.3) is 0 Å². The molecule has 5 nitrogen and oxygen atoms in total. The lowest BCUT2D eigenvalue weighted by molar-refractivity contribution is 0.0697. The van der Waals surface area contributed by atoms with Gasteiger partial charge in [-0.05, 0) is 37.0 Å². The number of hydrogen-bond donors (Lipinski definition) is 1. The minimum Gasteiger partial charge on any atom is -0.478 e. The second kappa shape index (κ2) is 6.59. The minimum atomic E-state index is -0.911. The van der Waals surface area contributed by atoms with Crippen LogP contribution in [0.1, 0.15) is 59.7 Å². The summed E-state index contributed by atoms with van der Waals surface area (Å²) >= 11 is 1.63. The highest BCUT2D eigenvalue weighted by Crippen LogP contribution is 2.37. The quantitative estimate of drug-likeness (QED) is 0.746. The second-order valence-electron chi connectivity index (χ2n) is 6.88. The summed E-state index contributed by atoms with van der Waals surface area (Å²) in [4.78, 5) is 21.5. The molecule has 2 atom stereocenters. The molecule has 1 aliphatic carbocycles. The Labute approximate surface area is 150 Å². The minimum absolute atomic E-state index is 0.290. The zero-order valence-corrected chi connectivity index (χ0v) is 15.0. The van der Waals surface area contributed by atoms with E-state index < -0.39 is 5.97 Å². The molecule has 1 fully saturated rings. The zero-order valence-electron chi connectivity index (χ0n) is 14.2. The molecular formula is C19H21N3O2S. The predicted octanol–water partition coefficient (Wildman–Crippen LogP) is 4.53. The van der Waals surface area contributed by atoms with Crippen LogP contribution in [0.2, 0.25) is 0 Å². The van der Waals surface area contributed by atoms with Crippen LogP contribution in [-0.4, -0.2) is 25.6 Å². The molecule has 0 spiro atoms. The van der Waals surface area contributed by atoms with Crippen molar-refractivity contribution in [1.29, 1.82) is 0 Å². The van der Waals surface area contributed by atoms with Gasteiger partial charge in [0.15, 0.2) is 0 Å². The highest BCUT2D eigenvalue weighted by molar-refractivity contribution is 7.09. The monoisotopic (exact) mass is 355 g/mol. The first-order valence-corrected chi connectivity index (χ1v) is 9.63. The van der Waals surface area contributed by atoms with E-state index in [1.54, 1.807) is 23.5 Å². The molecule has 1 N–H and O–H groups in total. The lowest BCUT2D eigenvalue weighted by Gasteiger charge is -2.31. The summed E-state index contributed by atoms with van der Waals surface area (Å²) in [7, 11) is 0. The van der Waals surface area contributed by atoms with Gasteiger partial charge < -0.3 is 9.67 Å². The molecule has 2 heterocycles. The highest BCUT2D eigenvalue weighted by Gasteiger charge is 2.27. The van der Waals surface area contributed by atoms with Gasteiger partial charge in [-0.1, -0.05) is 19.8 Å². The number of aromatic carboxylic acids is 1. The van der Waals surface area contributed by atoms with Gasteiger partial charge in [0.1, 0.15) is 5.82 Å². The van der Waals surface area contributed by atoms with Gasteiger partial charge in [0.2, 0.25) is 0 Å². The van der Waals surface area contributed by atoms with E-state index in [1.165, 1.54) is 24.1 Å². The lowest BCUT2D eigenvalue weighted by Crippen LogP contribution is -2.22. The summed E-state index contributed by atoms with van der Waals surface area (Å²) in [6.45, 7) is 2.32. The summed E-state index contributed by atoms with van der Waals surface area (Å²) in [6, 6.07) is 5.73. The number of carboxylic acids is 1. The van der Waals surface area contributed by atoms with Crippen LogP contribution in [0.4, 0.5) is 0 Å². The third kappa shape index (κ3) is 3.06. The summed E-state index contributed by atoms with van der Waals surface area (Å²) in [6.07, 6.45) is 7.55. The third-order valence-electron chi connectivity index (χ3n) is 5.22. The van der Waals surface area contributed by atoms with E-state index in [-0.39, 0.29) is 5.56 Å². The molecule has 25 heavy (non-hydrogen) atoms. The first-order valence-electron chi connectivity index (χ1n) is 8.75. The number of carbonyl (C=O) groups is 1. The van der Waals surface area contributed by atoms with Gasteiger partial charge >= 0.3 is 5.97 Å². The van der Waals surface area contributed by atoms with E-state index in [4.69, 9.17) is 4.98 Å². The smallest absolute Gasteiger partial charge is 0.335 e. The van der Waals surface area contributed by atoms with Crippen molar-refractivity contribution in [1.82, 2.24) is 14.5 Å². The van der Waals surface area contributed by atoms with Crippen molar-refractivity contribution in [3.63, 3.8) is 0 Å². The second-order valence-corrected chi connectivity index (χ2v) is 7.85. The van der Waals surface area contributed by atoms with E-state index in [9.17, 15) is 9.90 Å². The van der Waals surface area contributed by atoms with Gasteiger partial charge in [0.05, 0.1) is 22.1 Å². The summed E-state index contributed by atoms with van der Waals surface area (Å²) in [5, 5.41) is 9.28. The average Bonchev–Trinajstić information content (AvgIpc) is 3.22. The molecule has 0 aliphatic heterocycles. The molecule has 4 rings (SSSR count). The topological polar surface area (TPSA) is 68.0 Å². The fraction of sp³-hybridized carbons (Fsp3) is 0.421. The Bertz CT molecular complexity index is 901. The lowest BCUT2D eigenvalue weighted by atomic mass is 9.85. The maximum atomic E-state index is 11.3. The molecule has 2 aromatic heterocycles. The molecule has 3 aromatic rings. The number of benzene rings is 1. The van der Waals surface area contributed by atoms with Gasteiger partial charge in [0, 0.05) is 23.5 Å². The molecule has 0 saturated heterocycles. The fourth-order valence-corrected chi connectivity index (χ4v) is 4.53. The molecule has 130 valence electrons. The Morgan fingerprint density at radius 1 is 1.36 bits per heavy atom. The van der Waals surface area contributed by atoms with Crippen LogP contribution < -0.4 is 0 Å². The molecule has 0 amide bonds. The number of hydrogen-bond acceptors (Lipinski definition) is 4. The van der Waals surface area contributed by atoms with Crippen LogP contribution in [-0.2, 0) is 6.42 Å². The number of carboxylic acid groups (broad SMARTS) is 1. The van der Waals surface area contributed by atoms with E-state index >= 15 is 0 Å². The molecule has 1 aromatic carbocycles. The van der Waals surface area contributed by atoms with Crippen molar-refractivity contribution in [3.8, 4) is 0 Å². The van der Waals surface area contributed by atoms with E-state index in [2.05, 4.69) is 16.5 Å². The zero-order chi connectivity index (χ0) is 17.4. The number of rotatable bonds is 4. The van der Waals surface area contributed by atoms with Crippen LogP contribution in [0.25, 0.3) is 11.0 Å². The molecule has 6 heteroatoms. The summed E-state index contributed by atoms with van der Waals surface area (Å²) < 4.78 is 2.37. The molecule has 2 unspecified atom stereocenters. The highest BCUT2D eigenvalue weighted by atomic mass is 32.1. The Hall–Kier alpha value is -2.21. The van der Waals surface area contributed by atoms with Gasteiger partial charge in [-0.15, -0.1) is 11.3 Å². The first-order chi connectivity index (χ1) is 12.1. The van der Waals surface area contributed by atoms with Crippen LogP contribution >= 0.6 is 11.3 Å². The largest absolute Gasteiger partial charge is 0.478 e. The van der Waals surface area contributed by atoms with Crippen molar-refractivity contribution in [3.05, 3.63) is 46.2 Å². The number of nitrogens with zero attached hydrogens (tertiary/aromatic N) is 3. The van der Waals surface area contributed by atoms with Crippen molar-refractivity contribution in [2.75, 3.05) is 0 Å². The maximum absolute atomic E-state index is 11.3. The van der Waals surface area contributed by atoms with Crippen LogP contribution in [0.5, 0.6) is 0 Å². The summed E-state index contributed by atoms with van der Waals surface area (Å²) in [5.74, 6) is 0.706. The van der Waals surface area contributed by atoms with Gasteiger partial charge in [-0.2, -0.15) is 0 Å². The van der Waals surface area contributed by atoms with Gasteiger partial charge in [-0.3, -0.25) is 4.98 Å². The Kier molecular flexibility index (Phi) is 4.29. The summed E-state index contributed by atoms with van der Waals surface area (Å²) in [5.41, 5.74) is 3.95. The fourth-order valence-electron chi connectivity index (χ4n) is 3.94. The van der Waals surface area contributed by atoms with E-state index in [1.807, 2.05) is 17.8 Å². The van der Waals surface area contributed by atoms with Crippen molar-refractivity contribution >= 4 is 28.3 Å². The van der Waals surface area contributed by atoms with Crippen molar-refractivity contribution in [2.45, 2.75) is 45.1 Å². The molecule has 0 radical (unpaired) electrons. The molecule has 0 bridgehead atoms. The van der Waals surface area contributed by atoms with Crippen molar-refractivity contribution < 1.29 is 9.90 Å². The maximum Gasteiger partial charge on any atom is 0.335 e. The first kappa shape index (κ1) is 16.3. The molecule has 1 saturated carbocycles. The number of fused-ring (bicyclic) bond motifs is 1. The Balaban J connectivity index is 1.85. The number of aromatic nitrogens is 3. The number of thiazole rings is 1. The standard InChI is InChI=1S/C19H21N3O2S/c1-12-4-2-3-5-16(12)22-17-7-6-13(19(23)24)8-15(17)21-18(22)9-14-10-20-11-25-14/h6-8,10-12,16H,2-5,9H2,1H3,(H,23,24). The van der Waals surface area contributed by atoms with Crippen LogP contribution in [0.3, 0.4) is 0 Å². The van der Waals surface area contributed by atoms with Gasteiger partial charge in [-0.25, -0.2) is 9.78 Å². The Morgan fingerprint density at radius 3 is 2.92 bits per heavy atom. The number of imidazole rings is 1. The van der Waals surface area contributed by atoms with E-state index in [0.717, 1.165) is 29.7 Å². The van der Waals surface area contributed by atoms with Crippen LogP contribution in [0.15, 0.2) is 29.9 Å². The Morgan fingerprint density at radius 2 is 2.20 bits per heavy atom. The van der Waals surface area contributed by atoms with E-state index in [0.29, 0.717) is 12.0 Å². The third-order valence-corrected chi connectivity index (χ3v) is 6.00. The molecular weight excluding hydrogens is 334 g/mol. The van der Waals surface area contributed by atoms with Crippen LogP contribution in [0, 0.1) is 5.92 Å². The molecule has 1 aliphatic rings. The van der Waals surface area contributed by atoms with Crippen molar-refractivity contribution in [2.24, 2.45) is 5.92 Å². The predicted molar refractivity (Wildman–Crippen MR) is 98.3 cm³/mol. The average molecular weight is 355 g/mol. The SMILES string of the molecule is CC1CCCCC1n1c(Cc2cncs2)nc2cc(C(=O)O)ccc21. The normalized spacial score (nSPS) is 20.8.